The van der Waals surface area contributed by atoms with E-state index >= 15 is 0 Å². The van der Waals surface area contributed by atoms with Crippen LogP contribution in [0.5, 0.6) is 5.75 Å². The molecule has 4 nitrogen and oxygen atoms in total. The van der Waals surface area contributed by atoms with Crippen molar-refractivity contribution in [2.24, 2.45) is 0 Å². The Kier molecular flexibility index (Phi) is 6.47. The Labute approximate surface area is 160 Å². The molecule has 1 aliphatic rings. The van der Waals surface area contributed by atoms with Crippen LogP contribution in [0.15, 0.2) is 29.5 Å². The standard InChI is InChI=1S/C19H25ClN2O2S/c1-6-9-22-12(4)17(13(5)23)18(21-19(22)25)14-7-8-16(15(20)10-14)24-11(2)3/h7-8,10-11,18H,6,9H2,1-5H3,(H,21,25). The predicted octanol–water partition coefficient (Wildman–Crippen LogP) is 4.63. The minimum absolute atomic E-state index is 0.0252. The van der Waals surface area contributed by atoms with Gasteiger partial charge in [0.1, 0.15) is 5.75 Å². The van der Waals surface area contributed by atoms with Crippen LogP contribution < -0.4 is 10.1 Å². The first-order chi connectivity index (χ1) is 11.8. The van der Waals surface area contributed by atoms with Crippen LogP contribution in [0.3, 0.4) is 0 Å². The van der Waals surface area contributed by atoms with Crippen molar-refractivity contribution in [1.82, 2.24) is 10.2 Å². The first-order valence-corrected chi connectivity index (χ1v) is 9.30. The van der Waals surface area contributed by atoms with Crippen molar-refractivity contribution in [3.8, 4) is 5.75 Å². The average molecular weight is 381 g/mol. The van der Waals surface area contributed by atoms with Crippen molar-refractivity contribution >= 4 is 34.7 Å². The van der Waals surface area contributed by atoms with E-state index in [0.29, 0.717) is 15.9 Å². The number of Topliss-reactive ketones (excluding diaryl/α,β-unsaturated/α-hetero) is 1. The summed E-state index contributed by atoms with van der Waals surface area (Å²) in [7, 11) is 0. The quantitative estimate of drug-likeness (QED) is 0.728. The van der Waals surface area contributed by atoms with Crippen molar-refractivity contribution in [3.05, 3.63) is 40.1 Å². The van der Waals surface area contributed by atoms with Crippen LogP contribution in [-0.2, 0) is 4.79 Å². The molecule has 0 aliphatic carbocycles. The number of hydrogen-bond acceptors (Lipinski definition) is 3. The molecule has 1 N–H and O–H groups in total. The molecular formula is C19H25ClN2O2S. The SMILES string of the molecule is CCCN1C(=S)NC(c2ccc(OC(C)C)c(Cl)c2)C(C(C)=O)=C1C. The zero-order valence-corrected chi connectivity index (χ0v) is 16.9. The fourth-order valence-electron chi connectivity index (χ4n) is 3.03. The maximum atomic E-state index is 12.3. The van der Waals surface area contributed by atoms with Gasteiger partial charge in [0.05, 0.1) is 17.2 Å². The smallest absolute Gasteiger partial charge is 0.173 e. The fraction of sp³-hybridized carbons (Fsp3) is 0.474. The van der Waals surface area contributed by atoms with Gasteiger partial charge in [0, 0.05) is 17.8 Å². The third kappa shape index (κ3) is 4.33. The maximum absolute atomic E-state index is 12.3. The molecule has 0 radical (unpaired) electrons. The lowest BCUT2D eigenvalue weighted by Gasteiger charge is -2.37. The van der Waals surface area contributed by atoms with Gasteiger partial charge in [-0.2, -0.15) is 0 Å². The topological polar surface area (TPSA) is 41.6 Å². The first-order valence-electron chi connectivity index (χ1n) is 8.52. The summed E-state index contributed by atoms with van der Waals surface area (Å²) in [5.74, 6) is 0.661. The van der Waals surface area contributed by atoms with Crippen LogP contribution in [0, 0.1) is 0 Å². The van der Waals surface area contributed by atoms with Gasteiger partial charge in [-0.15, -0.1) is 0 Å². The van der Waals surface area contributed by atoms with Crippen LogP contribution in [0.25, 0.3) is 0 Å². The predicted molar refractivity (Wildman–Crippen MR) is 106 cm³/mol. The van der Waals surface area contributed by atoms with E-state index in [-0.39, 0.29) is 17.9 Å². The number of halogens is 1. The molecule has 6 heteroatoms. The first kappa shape index (κ1) is 19.7. The number of allylic oxidation sites excluding steroid dienone is 1. The van der Waals surface area contributed by atoms with E-state index in [0.717, 1.165) is 29.8 Å². The molecule has 1 atom stereocenters. The highest BCUT2D eigenvalue weighted by atomic mass is 35.5. The normalized spacial score (nSPS) is 17.8. The van der Waals surface area contributed by atoms with Gasteiger partial charge in [0.25, 0.3) is 0 Å². The number of carbonyl (C=O) groups is 1. The average Bonchev–Trinajstić information content (AvgIpc) is 2.52. The van der Waals surface area contributed by atoms with Crippen molar-refractivity contribution < 1.29 is 9.53 Å². The van der Waals surface area contributed by atoms with E-state index in [2.05, 4.69) is 12.2 Å². The third-order valence-electron chi connectivity index (χ3n) is 4.07. The summed E-state index contributed by atoms with van der Waals surface area (Å²) in [5.41, 5.74) is 2.52. The van der Waals surface area contributed by atoms with Crippen molar-refractivity contribution in [2.45, 2.75) is 53.2 Å². The van der Waals surface area contributed by atoms with E-state index in [1.54, 1.807) is 6.92 Å². The molecule has 0 aromatic heterocycles. The molecule has 2 rings (SSSR count). The number of benzene rings is 1. The van der Waals surface area contributed by atoms with Crippen LogP contribution in [-0.4, -0.2) is 28.4 Å². The molecule has 0 spiro atoms. The zero-order valence-electron chi connectivity index (χ0n) is 15.4. The molecule has 25 heavy (non-hydrogen) atoms. The van der Waals surface area contributed by atoms with Gasteiger partial charge in [-0.25, -0.2) is 0 Å². The minimum Gasteiger partial charge on any atom is -0.489 e. The molecule has 1 aromatic rings. The highest BCUT2D eigenvalue weighted by Gasteiger charge is 2.32. The second-order valence-corrected chi connectivity index (χ2v) is 7.24. The monoisotopic (exact) mass is 380 g/mol. The molecule has 0 bridgehead atoms. The number of nitrogens with one attached hydrogen (secondary N) is 1. The zero-order chi connectivity index (χ0) is 18.7. The Morgan fingerprint density at radius 2 is 2.12 bits per heavy atom. The third-order valence-corrected chi connectivity index (χ3v) is 4.71. The van der Waals surface area contributed by atoms with Crippen molar-refractivity contribution in [3.63, 3.8) is 0 Å². The number of rotatable bonds is 6. The molecule has 0 saturated heterocycles. The Morgan fingerprint density at radius 3 is 2.64 bits per heavy atom. The largest absolute Gasteiger partial charge is 0.489 e. The summed E-state index contributed by atoms with van der Waals surface area (Å²) in [5, 5.41) is 4.45. The summed E-state index contributed by atoms with van der Waals surface area (Å²) in [4.78, 5) is 14.3. The summed E-state index contributed by atoms with van der Waals surface area (Å²) in [6.07, 6.45) is 0.989. The van der Waals surface area contributed by atoms with E-state index in [1.807, 2.05) is 43.9 Å². The molecule has 0 fully saturated rings. The van der Waals surface area contributed by atoms with E-state index in [4.69, 9.17) is 28.6 Å². The van der Waals surface area contributed by atoms with Crippen molar-refractivity contribution in [1.29, 1.82) is 0 Å². The van der Waals surface area contributed by atoms with Crippen LogP contribution in [0.4, 0.5) is 0 Å². The van der Waals surface area contributed by atoms with Gasteiger partial charge in [0.15, 0.2) is 10.9 Å². The molecule has 1 heterocycles. The summed E-state index contributed by atoms with van der Waals surface area (Å²) < 4.78 is 5.69. The van der Waals surface area contributed by atoms with Gasteiger partial charge in [-0.3, -0.25) is 4.79 Å². The molecular weight excluding hydrogens is 356 g/mol. The molecule has 1 aromatic carbocycles. The number of thiocarbonyl (C=S) groups is 1. The van der Waals surface area contributed by atoms with E-state index in [9.17, 15) is 4.79 Å². The van der Waals surface area contributed by atoms with Crippen LogP contribution >= 0.6 is 23.8 Å². The second-order valence-electron chi connectivity index (χ2n) is 6.45. The molecule has 1 unspecified atom stereocenters. The summed E-state index contributed by atoms with van der Waals surface area (Å²) in [6.45, 7) is 10.3. The Hall–Kier alpha value is -1.59. The number of ketones is 1. The van der Waals surface area contributed by atoms with Gasteiger partial charge in [-0.1, -0.05) is 24.6 Å². The minimum atomic E-state index is -0.302. The maximum Gasteiger partial charge on any atom is 0.173 e. The number of ether oxygens (including phenoxy) is 1. The number of carbonyl (C=O) groups excluding carboxylic acids is 1. The van der Waals surface area contributed by atoms with Gasteiger partial charge in [-0.05, 0) is 64.0 Å². The molecule has 0 saturated carbocycles. The summed E-state index contributed by atoms with van der Waals surface area (Å²) >= 11 is 11.9. The Balaban J connectivity index is 2.45. The van der Waals surface area contributed by atoms with E-state index < -0.39 is 0 Å². The fourth-order valence-corrected chi connectivity index (χ4v) is 3.61. The van der Waals surface area contributed by atoms with Gasteiger partial charge < -0.3 is 15.0 Å². The number of nitrogens with zero attached hydrogens (tertiary/aromatic N) is 1. The van der Waals surface area contributed by atoms with Crippen LogP contribution in [0.1, 0.15) is 52.6 Å². The Bertz CT molecular complexity index is 715. The summed E-state index contributed by atoms with van der Waals surface area (Å²) in [6, 6.07) is 5.30. The molecule has 1 aliphatic heterocycles. The highest BCUT2D eigenvalue weighted by Crippen LogP contribution is 2.35. The number of hydrogen-bond donors (Lipinski definition) is 1. The lowest BCUT2D eigenvalue weighted by molar-refractivity contribution is -0.114. The highest BCUT2D eigenvalue weighted by molar-refractivity contribution is 7.80. The molecule has 0 amide bonds. The van der Waals surface area contributed by atoms with Crippen LogP contribution in [0.2, 0.25) is 5.02 Å². The van der Waals surface area contributed by atoms with Gasteiger partial charge in [0.2, 0.25) is 0 Å². The van der Waals surface area contributed by atoms with Crippen molar-refractivity contribution in [2.75, 3.05) is 6.54 Å². The lowest BCUT2D eigenvalue weighted by atomic mass is 9.92. The van der Waals surface area contributed by atoms with E-state index in [1.165, 1.54) is 0 Å². The second kappa shape index (κ2) is 8.19. The Morgan fingerprint density at radius 1 is 1.44 bits per heavy atom. The molecule has 136 valence electrons. The van der Waals surface area contributed by atoms with Gasteiger partial charge >= 0.3 is 0 Å². The lowest BCUT2D eigenvalue weighted by Crippen LogP contribution is -2.47.